The molecule has 2 rings (SSSR count). The fourth-order valence-corrected chi connectivity index (χ4v) is 2.85. The van der Waals surface area contributed by atoms with Gasteiger partial charge < -0.3 is 15.4 Å². The normalized spacial score (nSPS) is 16.5. The van der Waals surface area contributed by atoms with Gasteiger partial charge in [-0.1, -0.05) is 25.7 Å². The van der Waals surface area contributed by atoms with Crippen molar-refractivity contribution in [3.8, 4) is 5.75 Å². The number of nitrogen functional groups attached to an aromatic ring is 1. The predicted octanol–water partition coefficient (Wildman–Crippen LogP) is 3.07. The lowest BCUT2D eigenvalue weighted by Gasteiger charge is -2.27. The van der Waals surface area contributed by atoms with Crippen LogP contribution in [0.25, 0.3) is 0 Å². The van der Waals surface area contributed by atoms with Crippen LogP contribution in [0.3, 0.4) is 0 Å². The summed E-state index contributed by atoms with van der Waals surface area (Å²) in [5.41, 5.74) is 6.99. The van der Waals surface area contributed by atoms with E-state index in [4.69, 9.17) is 10.5 Å². The third kappa shape index (κ3) is 3.24. The van der Waals surface area contributed by atoms with Gasteiger partial charge in [0.1, 0.15) is 5.75 Å². The maximum Gasteiger partial charge on any atom is 0.256 e. The van der Waals surface area contributed by atoms with E-state index >= 15 is 0 Å². The molecule has 4 nitrogen and oxygen atoms in total. The van der Waals surface area contributed by atoms with E-state index in [9.17, 15) is 4.79 Å². The number of carbonyl (C=O) groups excluding carboxylic acids is 1. The molecule has 0 spiro atoms. The molecule has 1 aliphatic rings. The summed E-state index contributed by atoms with van der Waals surface area (Å²) in [6.45, 7) is 0. The molecule has 0 atom stereocenters. The highest BCUT2D eigenvalue weighted by molar-refractivity contribution is 5.99. The first-order chi connectivity index (χ1) is 9.63. The first-order valence-electron chi connectivity index (χ1n) is 7.34. The van der Waals surface area contributed by atoms with E-state index in [0.29, 0.717) is 23.0 Å². The van der Waals surface area contributed by atoms with Crippen LogP contribution in [0.2, 0.25) is 0 Å². The second-order valence-electron chi connectivity index (χ2n) is 5.51. The molecule has 1 aromatic rings. The summed E-state index contributed by atoms with van der Waals surface area (Å²) in [7, 11) is 3.48. The number of nitrogens with zero attached hydrogens (tertiary/aromatic N) is 1. The maximum absolute atomic E-state index is 12.6. The van der Waals surface area contributed by atoms with Gasteiger partial charge in [0.2, 0.25) is 0 Å². The van der Waals surface area contributed by atoms with E-state index in [1.807, 2.05) is 11.9 Å². The van der Waals surface area contributed by atoms with Gasteiger partial charge in [0, 0.05) is 18.8 Å². The number of ether oxygens (including phenoxy) is 1. The SMILES string of the molecule is COc1ccc(N)c(C(=O)N(C)C2CCCCCC2)c1. The van der Waals surface area contributed by atoms with Gasteiger partial charge in [0.05, 0.1) is 12.7 Å². The summed E-state index contributed by atoms with van der Waals surface area (Å²) in [4.78, 5) is 14.5. The van der Waals surface area contributed by atoms with E-state index in [1.54, 1.807) is 25.3 Å². The van der Waals surface area contributed by atoms with E-state index in [1.165, 1.54) is 25.7 Å². The van der Waals surface area contributed by atoms with Crippen LogP contribution in [0.15, 0.2) is 18.2 Å². The van der Waals surface area contributed by atoms with E-state index in [-0.39, 0.29) is 5.91 Å². The minimum absolute atomic E-state index is 0.00620. The van der Waals surface area contributed by atoms with E-state index in [2.05, 4.69) is 0 Å². The molecule has 20 heavy (non-hydrogen) atoms. The van der Waals surface area contributed by atoms with Crippen molar-refractivity contribution in [2.75, 3.05) is 19.9 Å². The van der Waals surface area contributed by atoms with Gasteiger partial charge in [0.15, 0.2) is 0 Å². The molecular formula is C16H24N2O2. The van der Waals surface area contributed by atoms with Gasteiger partial charge >= 0.3 is 0 Å². The van der Waals surface area contributed by atoms with Gasteiger partial charge in [-0.3, -0.25) is 4.79 Å². The van der Waals surface area contributed by atoms with Crippen molar-refractivity contribution in [3.63, 3.8) is 0 Å². The molecule has 1 saturated carbocycles. The molecule has 0 unspecified atom stereocenters. The van der Waals surface area contributed by atoms with Gasteiger partial charge in [-0.2, -0.15) is 0 Å². The van der Waals surface area contributed by atoms with Crippen LogP contribution in [-0.2, 0) is 0 Å². The lowest BCUT2D eigenvalue weighted by molar-refractivity contribution is 0.0718. The number of nitrogens with two attached hydrogens (primary N) is 1. The smallest absolute Gasteiger partial charge is 0.256 e. The molecule has 1 fully saturated rings. The Kier molecular flexibility index (Phi) is 4.88. The summed E-state index contributed by atoms with van der Waals surface area (Å²) in [5, 5.41) is 0. The molecule has 1 aliphatic carbocycles. The molecular weight excluding hydrogens is 252 g/mol. The number of benzene rings is 1. The second-order valence-corrected chi connectivity index (χ2v) is 5.51. The predicted molar refractivity (Wildman–Crippen MR) is 81.0 cm³/mol. The number of hydrogen-bond donors (Lipinski definition) is 1. The minimum Gasteiger partial charge on any atom is -0.497 e. The van der Waals surface area contributed by atoms with Gasteiger partial charge in [-0.05, 0) is 31.0 Å². The molecule has 2 N–H and O–H groups in total. The van der Waals surface area contributed by atoms with Crippen LogP contribution in [0.1, 0.15) is 48.9 Å². The Bertz CT molecular complexity index is 466. The summed E-state index contributed by atoms with van der Waals surface area (Å²) >= 11 is 0. The quantitative estimate of drug-likeness (QED) is 0.682. The van der Waals surface area contributed by atoms with Crippen molar-refractivity contribution in [1.82, 2.24) is 4.90 Å². The molecule has 0 bridgehead atoms. The monoisotopic (exact) mass is 276 g/mol. The number of anilines is 1. The molecule has 1 amide bonds. The van der Waals surface area contributed by atoms with Crippen LogP contribution in [0.5, 0.6) is 5.75 Å². The average molecular weight is 276 g/mol. The van der Waals surface area contributed by atoms with Crippen LogP contribution in [0, 0.1) is 0 Å². The number of amides is 1. The maximum atomic E-state index is 12.6. The third-order valence-corrected chi connectivity index (χ3v) is 4.18. The van der Waals surface area contributed by atoms with Gasteiger partial charge in [-0.15, -0.1) is 0 Å². The number of carbonyl (C=O) groups is 1. The Morgan fingerprint density at radius 3 is 2.50 bits per heavy atom. The number of methoxy groups -OCH3 is 1. The fourth-order valence-electron chi connectivity index (χ4n) is 2.85. The van der Waals surface area contributed by atoms with E-state index < -0.39 is 0 Å². The molecule has 0 radical (unpaired) electrons. The molecule has 110 valence electrons. The summed E-state index contributed by atoms with van der Waals surface area (Å²) in [5.74, 6) is 0.658. The van der Waals surface area contributed by atoms with Crippen LogP contribution in [0.4, 0.5) is 5.69 Å². The van der Waals surface area contributed by atoms with Crippen molar-refractivity contribution in [3.05, 3.63) is 23.8 Å². The first kappa shape index (κ1) is 14.7. The first-order valence-corrected chi connectivity index (χ1v) is 7.34. The molecule has 0 heterocycles. The zero-order valence-electron chi connectivity index (χ0n) is 12.4. The minimum atomic E-state index is -0.00620. The Labute approximate surface area is 120 Å². The largest absolute Gasteiger partial charge is 0.497 e. The zero-order chi connectivity index (χ0) is 14.5. The Morgan fingerprint density at radius 1 is 1.25 bits per heavy atom. The highest BCUT2D eigenvalue weighted by Gasteiger charge is 2.23. The summed E-state index contributed by atoms with van der Waals surface area (Å²) in [6, 6.07) is 5.56. The Morgan fingerprint density at radius 2 is 1.90 bits per heavy atom. The van der Waals surface area contributed by atoms with Crippen molar-refractivity contribution < 1.29 is 9.53 Å². The zero-order valence-corrected chi connectivity index (χ0v) is 12.4. The van der Waals surface area contributed by atoms with Crippen LogP contribution in [-0.4, -0.2) is 31.0 Å². The van der Waals surface area contributed by atoms with Crippen LogP contribution >= 0.6 is 0 Å². The van der Waals surface area contributed by atoms with Crippen LogP contribution < -0.4 is 10.5 Å². The van der Waals surface area contributed by atoms with E-state index in [0.717, 1.165) is 12.8 Å². The highest BCUT2D eigenvalue weighted by Crippen LogP contribution is 2.25. The second kappa shape index (κ2) is 6.64. The van der Waals surface area contributed by atoms with Crippen molar-refractivity contribution in [2.24, 2.45) is 0 Å². The summed E-state index contributed by atoms with van der Waals surface area (Å²) in [6.07, 6.45) is 7.14. The molecule has 4 heteroatoms. The summed E-state index contributed by atoms with van der Waals surface area (Å²) < 4.78 is 5.18. The lowest BCUT2D eigenvalue weighted by atomic mass is 10.1. The van der Waals surface area contributed by atoms with Crippen molar-refractivity contribution in [2.45, 2.75) is 44.6 Å². The van der Waals surface area contributed by atoms with Crippen molar-refractivity contribution >= 4 is 11.6 Å². The topological polar surface area (TPSA) is 55.6 Å². The highest BCUT2D eigenvalue weighted by atomic mass is 16.5. The molecule has 1 aromatic carbocycles. The lowest BCUT2D eigenvalue weighted by Crippen LogP contribution is -2.37. The van der Waals surface area contributed by atoms with Crippen molar-refractivity contribution in [1.29, 1.82) is 0 Å². The Hall–Kier alpha value is -1.71. The standard InChI is InChI=1S/C16H24N2O2/c1-18(12-7-5-3-4-6-8-12)16(19)14-11-13(20-2)9-10-15(14)17/h9-12H,3-8,17H2,1-2H3. The third-order valence-electron chi connectivity index (χ3n) is 4.18. The fraction of sp³-hybridized carbons (Fsp3) is 0.562. The Balaban J connectivity index is 2.16. The number of hydrogen-bond acceptors (Lipinski definition) is 3. The van der Waals surface area contributed by atoms with Gasteiger partial charge in [-0.25, -0.2) is 0 Å². The number of rotatable bonds is 3. The molecule has 0 aliphatic heterocycles. The molecule has 0 aromatic heterocycles. The van der Waals surface area contributed by atoms with Gasteiger partial charge in [0.25, 0.3) is 5.91 Å². The molecule has 0 saturated heterocycles. The average Bonchev–Trinajstić information content (AvgIpc) is 2.75.